The first-order valence-electron chi connectivity index (χ1n) is 1.37. The van der Waals surface area contributed by atoms with Gasteiger partial charge in [-0.1, -0.05) is 0 Å². The third kappa shape index (κ3) is 18.3. The molecule has 10 heteroatoms. The standard InChI is InChI=1S/CH3.2Cr.Na.2H2O.5O/h1H3;;;;2*1H2;;;;;/q-1;3*+1;;;;;;;/p-2. The molecule has 2 N–H and O–H groups in total. The Morgan fingerprint density at radius 2 is 1.09 bits per heavy atom. The Balaban J connectivity index is -0.000000320. The third-order valence-electron chi connectivity index (χ3n) is 0.172. The summed E-state index contributed by atoms with van der Waals surface area (Å²) >= 11 is -11.5. The van der Waals surface area contributed by atoms with E-state index in [-0.39, 0.29) is 37.0 Å². The first-order chi connectivity index (χ1) is 3.71. The van der Waals surface area contributed by atoms with Gasteiger partial charge in [-0.15, -0.1) is 0 Å². The second kappa shape index (κ2) is 5.73. The SMILES string of the molecule is [CH3-].[Na+].[O]=[Cr](=[O])([OH])[O][Cr](=[O])(=[O])[OH]. The van der Waals surface area contributed by atoms with Crippen molar-refractivity contribution in [3.63, 3.8) is 0 Å². The minimum absolute atomic E-state index is 0. The molecule has 0 saturated carbocycles. The summed E-state index contributed by atoms with van der Waals surface area (Å²) in [5, 5.41) is 0. The number of hydrogen-bond acceptors (Lipinski definition) is 5. The summed E-state index contributed by atoms with van der Waals surface area (Å²) in [6, 6.07) is 0. The molecular formula is CH5Cr2NaO7. The molecule has 0 radical (unpaired) electrons. The van der Waals surface area contributed by atoms with E-state index >= 15 is 0 Å². The van der Waals surface area contributed by atoms with Gasteiger partial charge in [-0.25, -0.2) is 0 Å². The van der Waals surface area contributed by atoms with Gasteiger partial charge in [0.15, 0.2) is 0 Å². The monoisotopic (exact) mass is 256 g/mol. The molecular weight excluding hydrogens is 251 g/mol. The van der Waals surface area contributed by atoms with Gasteiger partial charge in [0, 0.05) is 0 Å². The van der Waals surface area contributed by atoms with Gasteiger partial charge in [0.1, 0.15) is 0 Å². The molecule has 0 heterocycles. The zero-order valence-electron chi connectivity index (χ0n) is 5.75. The molecule has 0 atom stereocenters. The normalized spacial score (nSPS) is 11.1. The van der Waals surface area contributed by atoms with Crippen LogP contribution in [0.25, 0.3) is 0 Å². The van der Waals surface area contributed by atoms with Crippen molar-refractivity contribution in [3.8, 4) is 0 Å². The van der Waals surface area contributed by atoms with Crippen LogP contribution >= 0.6 is 0 Å². The molecule has 64 valence electrons. The zero-order valence-corrected chi connectivity index (χ0v) is 10.3. The van der Waals surface area contributed by atoms with Crippen molar-refractivity contribution in [2.24, 2.45) is 0 Å². The maximum absolute atomic E-state index is 9.53. The molecule has 0 rings (SSSR count). The van der Waals surface area contributed by atoms with Crippen molar-refractivity contribution in [3.05, 3.63) is 7.43 Å². The van der Waals surface area contributed by atoms with E-state index in [1.165, 1.54) is 0 Å². The van der Waals surface area contributed by atoms with Gasteiger partial charge in [-0.3, -0.25) is 0 Å². The fraction of sp³-hybridized carbons (Fsp3) is 0. The predicted octanol–water partition coefficient (Wildman–Crippen LogP) is -4.21. The summed E-state index contributed by atoms with van der Waals surface area (Å²) in [6.07, 6.45) is 0. The Morgan fingerprint density at radius 3 is 1.09 bits per heavy atom. The van der Waals surface area contributed by atoms with Crippen molar-refractivity contribution in [2.75, 3.05) is 0 Å². The molecule has 0 unspecified atom stereocenters. The fourth-order valence-electron chi connectivity index (χ4n) is 0.109. The van der Waals surface area contributed by atoms with Gasteiger partial charge in [0.05, 0.1) is 0 Å². The van der Waals surface area contributed by atoms with Crippen LogP contribution in [0.1, 0.15) is 0 Å². The first kappa shape index (κ1) is 18.0. The first-order valence-corrected chi connectivity index (χ1v) is 5.63. The third-order valence-corrected chi connectivity index (χ3v) is 2.92. The summed E-state index contributed by atoms with van der Waals surface area (Å²) in [4.78, 5) is 0. The van der Waals surface area contributed by atoms with Crippen LogP contribution in [0.3, 0.4) is 0 Å². The molecule has 7 nitrogen and oxygen atoms in total. The van der Waals surface area contributed by atoms with E-state index in [1.54, 1.807) is 0 Å². The molecule has 0 fully saturated rings. The van der Waals surface area contributed by atoms with Gasteiger partial charge in [-0.2, -0.15) is 0 Å². The van der Waals surface area contributed by atoms with Crippen LogP contribution in [0.4, 0.5) is 0 Å². The molecule has 0 amide bonds. The van der Waals surface area contributed by atoms with E-state index < -0.39 is 27.2 Å². The average Bonchev–Trinajstić information content (AvgIpc) is 1.14. The molecule has 0 bridgehead atoms. The molecule has 0 saturated heterocycles. The minimum atomic E-state index is -5.76. The maximum atomic E-state index is 9.53. The summed E-state index contributed by atoms with van der Waals surface area (Å²) in [6.45, 7) is 0. The van der Waals surface area contributed by atoms with E-state index in [2.05, 4.69) is 2.84 Å². The second-order valence-corrected chi connectivity index (χ2v) is 4.68. The van der Waals surface area contributed by atoms with E-state index in [0.717, 1.165) is 0 Å². The Hall–Kier alpha value is 1.14. The van der Waals surface area contributed by atoms with Gasteiger partial charge >= 0.3 is 83.2 Å². The Kier molecular flexibility index (Phi) is 9.40. The molecule has 11 heavy (non-hydrogen) atoms. The summed E-state index contributed by atoms with van der Waals surface area (Å²) < 4.78 is 56.3. The summed E-state index contributed by atoms with van der Waals surface area (Å²) in [7, 11) is 0. The molecule has 0 aromatic carbocycles. The quantitative estimate of drug-likeness (QED) is 0.379. The molecule has 0 spiro atoms. The van der Waals surface area contributed by atoms with Crippen LogP contribution in [0.15, 0.2) is 0 Å². The Bertz CT molecular complexity index is 242. The van der Waals surface area contributed by atoms with E-state index in [1.807, 2.05) is 0 Å². The Labute approximate surface area is 89.8 Å². The van der Waals surface area contributed by atoms with Gasteiger partial charge < -0.3 is 7.43 Å². The predicted molar refractivity (Wildman–Crippen MR) is 14.7 cm³/mol. The van der Waals surface area contributed by atoms with Crippen LogP contribution in [0.5, 0.6) is 0 Å². The van der Waals surface area contributed by atoms with E-state index in [0.29, 0.717) is 0 Å². The van der Waals surface area contributed by atoms with Crippen LogP contribution in [0.2, 0.25) is 0 Å². The van der Waals surface area contributed by atoms with Crippen molar-refractivity contribution in [1.82, 2.24) is 0 Å². The van der Waals surface area contributed by atoms with Crippen LogP contribution in [0, 0.1) is 7.43 Å². The molecule has 0 aliphatic heterocycles. The van der Waals surface area contributed by atoms with Crippen LogP contribution in [-0.2, 0) is 45.3 Å². The fourth-order valence-corrected chi connectivity index (χ4v) is 1.85. The van der Waals surface area contributed by atoms with Crippen molar-refractivity contribution >= 4 is 0 Å². The average molecular weight is 256 g/mol. The van der Waals surface area contributed by atoms with Crippen LogP contribution in [-0.4, -0.2) is 8.32 Å². The van der Waals surface area contributed by atoms with Crippen molar-refractivity contribution < 1.29 is 83.2 Å². The topological polar surface area (TPSA) is 118 Å². The van der Waals surface area contributed by atoms with E-state index in [9.17, 15) is 15.2 Å². The van der Waals surface area contributed by atoms with Crippen LogP contribution < -0.4 is 29.6 Å². The van der Waals surface area contributed by atoms with Gasteiger partial charge in [0.2, 0.25) is 0 Å². The van der Waals surface area contributed by atoms with Crippen molar-refractivity contribution in [1.29, 1.82) is 0 Å². The molecule has 0 aromatic heterocycles. The van der Waals surface area contributed by atoms with Gasteiger partial charge in [-0.05, 0) is 0 Å². The number of hydrogen-bond donors (Lipinski definition) is 2. The van der Waals surface area contributed by atoms with Crippen molar-refractivity contribution in [2.45, 2.75) is 0 Å². The number of rotatable bonds is 2. The molecule has 0 aliphatic rings. The Morgan fingerprint density at radius 1 is 0.909 bits per heavy atom. The molecule has 0 aromatic rings. The zero-order chi connectivity index (χ0) is 7.71. The van der Waals surface area contributed by atoms with Gasteiger partial charge in [0.25, 0.3) is 0 Å². The summed E-state index contributed by atoms with van der Waals surface area (Å²) in [5.41, 5.74) is 0. The van der Waals surface area contributed by atoms with E-state index in [4.69, 9.17) is 8.32 Å². The summed E-state index contributed by atoms with van der Waals surface area (Å²) in [5.74, 6) is 0. The molecule has 0 aliphatic carbocycles. The second-order valence-electron chi connectivity index (χ2n) is 0.924.